The summed E-state index contributed by atoms with van der Waals surface area (Å²) in [6, 6.07) is 4.02. The number of nitrogens with zero attached hydrogens (tertiary/aromatic N) is 1. The van der Waals surface area contributed by atoms with Crippen LogP contribution in [0.4, 0.5) is 0 Å². The van der Waals surface area contributed by atoms with Crippen molar-refractivity contribution in [2.75, 3.05) is 26.2 Å². The second-order valence-electron chi connectivity index (χ2n) is 5.48. The molecule has 0 spiro atoms. The van der Waals surface area contributed by atoms with E-state index >= 15 is 0 Å². The van der Waals surface area contributed by atoms with E-state index in [1.165, 1.54) is 6.42 Å². The topological polar surface area (TPSA) is 55.6 Å². The van der Waals surface area contributed by atoms with Crippen molar-refractivity contribution in [1.29, 1.82) is 0 Å². The largest absolute Gasteiger partial charge is 0.483 e. The van der Waals surface area contributed by atoms with Gasteiger partial charge in [0.05, 0.1) is 0 Å². The predicted molar refractivity (Wildman–Crippen MR) is 87.6 cm³/mol. The zero-order chi connectivity index (χ0) is 15.2. The Bertz CT molecular complexity index is 499. The second-order valence-corrected chi connectivity index (χ2v) is 6.40. The summed E-state index contributed by atoms with van der Waals surface area (Å²) < 4.78 is 6.84. The highest BCUT2D eigenvalue weighted by molar-refractivity contribution is 9.10. The standard InChI is InChI=1S/C16H23BrN2O2/c1-12-9-14(17)10-13(5-6-18)16(12)21-11-15(20)19-7-3-2-4-8-19/h9-10H,2-8,11,18H2,1H3. The summed E-state index contributed by atoms with van der Waals surface area (Å²) in [7, 11) is 0. The van der Waals surface area contributed by atoms with Crippen LogP contribution in [0.15, 0.2) is 16.6 Å². The number of hydrogen-bond donors (Lipinski definition) is 1. The van der Waals surface area contributed by atoms with E-state index in [0.29, 0.717) is 6.54 Å². The van der Waals surface area contributed by atoms with Gasteiger partial charge in [0.15, 0.2) is 6.61 Å². The maximum Gasteiger partial charge on any atom is 0.260 e. The molecular formula is C16H23BrN2O2. The monoisotopic (exact) mass is 354 g/mol. The molecule has 2 rings (SSSR count). The van der Waals surface area contributed by atoms with Crippen molar-refractivity contribution in [3.63, 3.8) is 0 Å². The van der Waals surface area contributed by atoms with Crippen LogP contribution in [0.5, 0.6) is 5.75 Å². The van der Waals surface area contributed by atoms with Crippen molar-refractivity contribution in [3.8, 4) is 5.75 Å². The third-order valence-electron chi connectivity index (χ3n) is 3.78. The number of carbonyl (C=O) groups is 1. The molecule has 116 valence electrons. The smallest absolute Gasteiger partial charge is 0.260 e. The molecule has 1 aromatic carbocycles. The highest BCUT2D eigenvalue weighted by Crippen LogP contribution is 2.28. The van der Waals surface area contributed by atoms with Crippen LogP contribution in [0.3, 0.4) is 0 Å². The van der Waals surface area contributed by atoms with Crippen molar-refractivity contribution in [2.24, 2.45) is 5.73 Å². The van der Waals surface area contributed by atoms with Crippen LogP contribution in [0, 0.1) is 6.92 Å². The Morgan fingerprint density at radius 1 is 1.33 bits per heavy atom. The number of benzene rings is 1. The van der Waals surface area contributed by atoms with E-state index < -0.39 is 0 Å². The first-order valence-electron chi connectivity index (χ1n) is 7.51. The number of halogens is 1. The summed E-state index contributed by atoms with van der Waals surface area (Å²) in [5, 5.41) is 0. The van der Waals surface area contributed by atoms with Crippen LogP contribution in [0.1, 0.15) is 30.4 Å². The van der Waals surface area contributed by atoms with Gasteiger partial charge in [0.25, 0.3) is 5.91 Å². The Kier molecular flexibility index (Phi) is 6.06. The molecule has 1 amide bonds. The van der Waals surface area contributed by atoms with Crippen LogP contribution in [-0.4, -0.2) is 37.0 Å². The Morgan fingerprint density at radius 3 is 2.71 bits per heavy atom. The second kappa shape index (κ2) is 7.80. The van der Waals surface area contributed by atoms with Crippen LogP contribution < -0.4 is 10.5 Å². The molecule has 0 atom stereocenters. The molecule has 0 radical (unpaired) electrons. The Morgan fingerprint density at radius 2 is 2.05 bits per heavy atom. The van der Waals surface area contributed by atoms with Gasteiger partial charge in [0.2, 0.25) is 0 Å². The average Bonchev–Trinajstić information content (AvgIpc) is 2.47. The molecule has 1 heterocycles. The van der Waals surface area contributed by atoms with E-state index in [9.17, 15) is 4.79 Å². The van der Waals surface area contributed by atoms with Crippen LogP contribution in [0.25, 0.3) is 0 Å². The molecular weight excluding hydrogens is 332 g/mol. The normalized spacial score (nSPS) is 15.1. The molecule has 0 bridgehead atoms. The van der Waals surface area contributed by atoms with Crippen LogP contribution in [-0.2, 0) is 11.2 Å². The van der Waals surface area contributed by atoms with Crippen molar-refractivity contribution in [3.05, 3.63) is 27.7 Å². The number of carbonyl (C=O) groups excluding carboxylic acids is 1. The van der Waals surface area contributed by atoms with E-state index in [0.717, 1.165) is 53.7 Å². The van der Waals surface area contributed by atoms with E-state index in [1.807, 2.05) is 24.0 Å². The molecule has 21 heavy (non-hydrogen) atoms. The minimum absolute atomic E-state index is 0.0794. The lowest BCUT2D eigenvalue weighted by Crippen LogP contribution is -2.38. The first kappa shape index (κ1) is 16.3. The minimum Gasteiger partial charge on any atom is -0.483 e. The summed E-state index contributed by atoms with van der Waals surface area (Å²) in [4.78, 5) is 14.1. The SMILES string of the molecule is Cc1cc(Br)cc(CCN)c1OCC(=O)N1CCCCC1. The number of amides is 1. The number of ether oxygens (including phenoxy) is 1. The molecule has 0 unspecified atom stereocenters. The average molecular weight is 355 g/mol. The van der Waals surface area contributed by atoms with Gasteiger partial charge in [-0.2, -0.15) is 0 Å². The summed E-state index contributed by atoms with van der Waals surface area (Å²) >= 11 is 3.49. The quantitative estimate of drug-likeness (QED) is 0.884. The molecule has 0 aliphatic carbocycles. The lowest BCUT2D eigenvalue weighted by molar-refractivity contribution is -0.134. The van der Waals surface area contributed by atoms with Gasteiger partial charge in [-0.1, -0.05) is 15.9 Å². The molecule has 1 aliphatic heterocycles. The van der Waals surface area contributed by atoms with Crippen LogP contribution >= 0.6 is 15.9 Å². The van der Waals surface area contributed by atoms with E-state index in [-0.39, 0.29) is 12.5 Å². The van der Waals surface area contributed by atoms with Gasteiger partial charge in [-0.3, -0.25) is 4.79 Å². The van der Waals surface area contributed by atoms with Crippen molar-refractivity contribution in [2.45, 2.75) is 32.6 Å². The van der Waals surface area contributed by atoms with E-state index in [2.05, 4.69) is 15.9 Å². The number of rotatable bonds is 5. The highest BCUT2D eigenvalue weighted by atomic mass is 79.9. The molecule has 0 saturated carbocycles. The predicted octanol–water partition coefficient (Wildman–Crippen LogP) is 2.65. The molecule has 1 saturated heterocycles. The van der Waals surface area contributed by atoms with Gasteiger partial charge >= 0.3 is 0 Å². The maximum absolute atomic E-state index is 12.2. The number of hydrogen-bond acceptors (Lipinski definition) is 3. The molecule has 5 heteroatoms. The minimum atomic E-state index is 0.0794. The molecule has 1 aromatic rings. The van der Waals surface area contributed by atoms with Gasteiger partial charge in [-0.05, 0) is 62.4 Å². The van der Waals surface area contributed by atoms with Crippen molar-refractivity contribution in [1.82, 2.24) is 4.90 Å². The first-order valence-corrected chi connectivity index (χ1v) is 8.31. The number of piperidine rings is 1. The third-order valence-corrected chi connectivity index (χ3v) is 4.24. The van der Waals surface area contributed by atoms with Gasteiger partial charge in [0, 0.05) is 17.6 Å². The van der Waals surface area contributed by atoms with Gasteiger partial charge < -0.3 is 15.4 Å². The molecule has 0 aromatic heterocycles. The number of nitrogens with two attached hydrogens (primary N) is 1. The van der Waals surface area contributed by atoms with Gasteiger partial charge in [0.1, 0.15) is 5.75 Å². The third kappa shape index (κ3) is 4.45. The van der Waals surface area contributed by atoms with Crippen molar-refractivity contribution < 1.29 is 9.53 Å². The Hall–Kier alpha value is -1.07. The van der Waals surface area contributed by atoms with Crippen LogP contribution in [0.2, 0.25) is 0 Å². The maximum atomic E-state index is 12.2. The fraction of sp³-hybridized carbons (Fsp3) is 0.562. The zero-order valence-corrected chi connectivity index (χ0v) is 14.1. The number of likely N-dealkylation sites (tertiary alicyclic amines) is 1. The summed E-state index contributed by atoms with van der Waals surface area (Å²) in [5.74, 6) is 0.879. The zero-order valence-electron chi connectivity index (χ0n) is 12.5. The van der Waals surface area contributed by atoms with Gasteiger partial charge in [-0.15, -0.1) is 0 Å². The Balaban J connectivity index is 2.03. The Labute approximate surface area is 134 Å². The molecule has 1 fully saturated rings. The van der Waals surface area contributed by atoms with Gasteiger partial charge in [-0.25, -0.2) is 0 Å². The molecule has 1 aliphatic rings. The lowest BCUT2D eigenvalue weighted by Gasteiger charge is -2.27. The first-order chi connectivity index (χ1) is 10.1. The van der Waals surface area contributed by atoms with E-state index in [4.69, 9.17) is 10.5 Å². The molecule has 2 N–H and O–H groups in total. The van der Waals surface area contributed by atoms with E-state index in [1.54, 1.807) is 0 Å². The summed E-state index contributed by atoms with van der Waals surface area (Å²) in [6.45, 7) is 4.38. The fourth-order valence-corrected chi connectivity index (χ4v) is 3.34. The lowest BCUT2D eigenvalue weighted by atomic mass is 10.1. The number of aryl methyl sites for hydroxylation is 1. The summed E-state index contributed by atoms with van der Waals surface area (Å²) in [5.41, 5.74) is 7.74. The summed E-state index contributed by atoms with van der Waals surface area (Å²) in [6.07, 6.45) is 4.16. The molecule has 4 nitrogen and oxygen atoms in total. The fourth-order valence-electron chi connectivity index (χ4n) is 2.72. The highest BCUT2D eigenvalue weighted by Gasteiger charge is 2.18. The van der Waals surface area contributed by atoms with Crippen molar-refractivity contribution >= 4 is 21.8 Å².